The summed E-state index contributed by atoms with van der Waals surface area (Å²) in [6.45, 7) is 7.21. The molecule has 0 aromatic heterocycles. The molecule has 0 saturated heterocycles. The fraction of sp³-hybridized carbons (Fsp3) is 1.00. The van der Waals surface area contributed by atoms with Crippen molar-refractivity contribution in [1.29, 1.82) is 0 Å². The molecule has 0 heterocycles. The van der Waals surface area contributed by atoms with Crippen molar-refractivity contribution in [1.82, 2.24) is 4.90 Å². The molecule has 0 aliphatic heterocycles. The predicted molar refractivity (Wildman–Crippen MR) is 58.3 cm³/mol. The van der Waals surface area contributed by atoms with Crippen LogP contribution in [0.25, 0.3) is 0 Å². The van der Waals surface area contributed by atoms with Gasteiger partial charge in [0.05, 0.1) is 13.2 Å². The molecule has 1 unspecified atom stereocenters. The zero-order chi connectivity index (χ0) is 11.0. The van der Waals surface area contributed by atoms with Gasteiger partial charge >= 0.3 is 0 Å². The van der Waals surface area contributed by atoms with Gasteiger partial charge in [0.2, 0.25) is 0 Å². The number of aliphatic hydroxyl groups is 1. The summed E-state index contributed by atoms with van der Waals surface area (Å²) in [6.07, 6.45) is 0.798. The van der Waals surface area contributed by atoms with E-state index < -0.39 is 5.54 Å². The van der Waals surface area contributed by atoms with Crippen LogP contribution in [0.1, 0.15) is 20.3 Å². The van der Waals surface area contributed by atoms with E-state index in [-0.39, 0.29) is 6.61 Å². The first-order valence-corrected chi connectivity index (χ1v) is 5.18. The van der Waals surface area contributed by atoms with E-state index in [0.717, 1.165) is 32.7 Å². The molecule has 86 valence electrons. The van der Waals surface area contributed by atoms with Crippen molar-refractivity contribution in [3.8, 4) is 0 Å². The Kier molecular flexibility index (Phi) is 7.09. The monoisotopic (exact) mass is 204 g/mol. The number of aliphatic hydroxyl groups excluding tert-OH is 1. The van der Waals surface area contributed by atoms with Crippen LogP contribution in [0.2, 0.25) is 0 Å². The molecule has 0 aromatic carbocycles. The second-order valence-electron chi connectivity index (χ2n) is 4.06. The highest BCUT2D eigenvalue weighted by atomic mass is 16.5. The number of hydrogen-bond donors (Lipinski definition) is 2. The van der Waals surface area contributed by atoms with Crippen LogP contribution in [-0.4, -0.2) is 55.5 Å². The van der Waals surface area contributed by atoms with E-state index in [9.17, 15) is 0 Å². The van der Waals surface area contributed by atoms with Gasteiger partial charge in [-0.15, -0.1) is 0 Å². The number of rotatable bonds is 8. The SMILES string of the molecule is CCOCCN(C)CCC(C)(N)CO. The third-order valence-electron chi connectivity index (χ3n) is 2.25. The van der Waals surface area contributed by atoms with Crippen molar-refractivity contribution in [2.24, 2.45) is 5.73 Å². The summed E-state index contributed by atoms with van der Waals surface area (Å²) >= 11 is 0. The summed E-state index contributed by atoms with van der Waals surface area (Å²) < 4.78 is 5.24. The van der Waals surface area contributed by atoms with Gasteiger partial charge in [0.25, 0.3) is 0 Å². The first-order chi connectivity index (χ1) is 6.52. The highest BCUT2D eigenvalue weighted by molar-refractivity contribution is 4.78. The van der Waals surface area contributed by atoms with E-state index in [4.69, 9.17) is 15.6 Å². The quantitative estimate of drug-likeness (QED) is 0.549. The molecule has 0 bridgehead atoms. The van der Waals surface area contributed by atoms with Crippen molar-refractivity contribution < 1.29 is 9.84 Å². The molecule has 0 saturated carbocycles. The second-order valence-corrected chi connectivity index (χ2v) is 4.06. The molecule has 4 nitrogen and oxygen atoms in total. The predicted octanol–water partition coefficient (Wildman–Crippen LogP) is 0.0545. The summed E-state index contributed by atoms with van der Waals surface area (Å²) in [4.78, 5) is 2.16. The van der Waals surface area contributed by atoms with Crippen molar-refractivity contribution >= 4 is 0 Å². The average molecular weight is 204 g/mol. The minimum Gasteiger partial charge on any atom is -0.394 e. The van der Waals surface area contributed by atoms with E-state index >= 15 is 0 Å². The van der Waals surface area contributed by atoms with Crippen LogP contribution >= 0.6 is 0 Å². The largest absolute Gasteiger partial charge is 0.394 e. The molecule has 4 heteroatoms. The van der Waals surface area contributed by atoms with Gasteiger partial charge in [-0.3, -0.25) is 0 Å². The van der Waals surface area contributed by atoms with Crippen LogP contribution in [0.3, 0.4) is 0 Å². The molecule has 14 heavy (non-hydrogen) atoms. The number of hydrogen-bond acceptors (Lipinski definition) is 4. The second kappa shape index (κ2) is 7.17. The van der Waals surface area contributed by atoms with Crippen LogP contribution in [-0.2, 0) is 4.74 Å². The molecule has 0 aliphatic rings. The van der Waals surface area contributed by atoms with E-state index in [1.807, 2.05) is 20.9 Å². The van der Waals surface area contributed by atoms with Crippen LogP contribution in [0.4, 0.5) is 0 Å². The van der Waals surface area contributed by atoms with Crippen LogP contribution in [0, 0.1) is 0 Å². The Balaban J connectivity index is 3.48. The fourth-order valence-electron chi connectivity index (χ4n) is 1.00. The molecular weight excluding hydrogens is 180 g/mol. The Bertz CT molecular complexity index is 140. The number of likely N-dealkylation sites (N-methyl/N-ethyl adjacent to an activating group) is 1. The van der Waals surface area contributed by atoms with Crippen LogP contribution in [0.15, 0.2) is 0 Å². The Morgan fingerprint density at radius 1 is 1.43 bits per heavy atom. The molecule has 0 spiro atoms. The molecule has 0 fully saturated rings. The maximum atomic E-state index is 8.95. The summed E-state index contributed by atoms with van der Waals surface area (Å²) in [6, 6.07) is 0. The highest BCUT2D eigenvalue weighted by Crippen LogP contribution is 2.04. The van der Waals surface area contributed by atoms with Gasteiger partial charge in [-0.1, -0.05) is 0 Å². The smallest absolute Gasteiger partial charge is 0.0608 e. The molecule has 0 amide bonds. The summed E-state index contributed by atoms with van der Waals surface area (Å²) in [5.41, 5.74) is 5.35. The number of nitrogens with two attached hydrogens (primary N) is 1. The molecule has 0 rings (SSSR count). The van der Waals surface area contributed by atoms with E-state index in [1.165, 1.54) is 0 Å². The topological polar surface area (TPSA) is 58.7 Å². The first kappa shape index (κ1) is 13.8. The third kappa shape index (κ3) is 7.26. The van der Waals surface area contributed by atoms with Gasteiger partial charge in [-0.2, -0.15) is 0 Å². The minimum atomic E-state index is -0.458. The summed E-state index contributed by atoms with van der Waals surface area (Å²) in [7, 11) is 2.03. The van der Waals surface area contributed by atoms with Crippen molar-refractivity contribution in [2.45, 2.75) is 25.8 Å². The zero-order valence-corrected chi connectivity index (χ0v) is 9.62. The third-order valence-corrected chi connectivity index (χ3v) is 2.25. The van der Waals surface area contributed by atoms with Crippen molar-refractivity contribution in [3.63, 3.8) is 0 Å². The lowest BCUT2D eigenvalue weighted by atomic mass is 10.0. The Morgan fingerprint density at radius 2 is 2.07 bits per heavy atom. The molecule has 0 aliphatic carbocycles. The molecule has 3 N–H and O–H groups in total. The molecule has 0 aromatic rings. The maximum absolute atomic E-state index is 8.95. The zero-order valence-electron chi connectivity index (χ0n) is 9.62. The highest BCUT2D eigenvalue weighted by Gasteiger charge is 2.16. The number of nitrogens with zero attached hydrogens (tertiary/aromatic N) is 1. The van der Waals surface area contributed by atoms with Gasteiger partial charge in [0.1, 0.15) is 0 Å². The van der Waals surface area contributed by atoms with Gasteiger partial charge in [-0.05, 0) is 33.9 Å². The maximum Gasteiger partial charge on any atom is 0.0608 e. The van der Waals surface area contributed by atoms with Crippen LogP contribution < -0.4 is 5.73 Å². The van der Waals surface area contributed by atoms with Crippen LogP contribution in [0.5, 0.6) is 0 Å². The Labute approximate surface area is 87.0 Å². The van der Waals surface area contributed by atoms with E-state index in [1.54, 1.807) is 0 Å². The summed E-state index contributed by atoms with van der Waals surface area (Å²) in [5, 5.41) is 8.95. The minimum absolute atomic E-state index is 0.0340. The Hall–Kier alpha value is -0.160. The average Bonchev–Trinajstić information content (AvgIpc) is 2.16. The normalized spacial score (nSPS) is 15.9. The lowest BCUT2D eigenvalue weighted by Gasteiger charge is -2.25. The van der Waals surface area contributed by atoms with Gasteiger partial charge < -0.3 is 20.5 Å². The summed E-state index contributed by atoms with van der Waals surface area (Å²) in [5.74, 6) is 0. The fourth-order valence-corrected chi connectivity index (χ4v) is 1.00. The van der Waals surface area contributed by atoms with Gasteiger partial charge in [-0.25, -0.2) is 0 Å². The lowest BCUT2D eigenvalue weighted by molar-refractivity contribution is 0.116. The van der Waals surface area contributed by atoms with Crippen molar-refractivity contribution in [3.05, 3.63) is 0 Å². The van der Waals surface area contributed by atoms with Gasteiger partial charge in [0.15, 0.2) is 0 Å². The van der Waals surface area contributed by atoms with Crippen molar-refractivity contribution in [2.75, 3.05) is 40.0 Å². The Morgan fingerprint density at radius 3 is 2.57 bits per heavy atom. The standard InChI is InChI=1S/C10H24N2O2/c1-4-14-8-7-12(3)6-5-10(2,11)9-13/h13H,4-9,11H2,1-3H3. The molecule has 0 radical (unpaired) electrons. The lowest BCUT2D eigenvalue weighted by Crippen LogP contribution is -2.43. The van der Waals surface area contributed by atoms with E-state index in [0.29, 0.717) is 0 Å². The first-order valence-electron chi connectivity index (χ1n) is 5.18. The number of ether oxygens (including phenoxy) is 1. The molecule has 1 atom stereocenters. The van der Waals surface area contributed by atoms with Gasteiger partial charge in [0, 0.05) is 18.7 Å². The van der Waals surface area contributed by atoms with E-state index in [2.05, 4.69) is 4.90 Å². The molecular formula is C10H24N2O2.